The fourth-order valence-electron chi connectivity index (χ4n) is 4.64. The van der Waals surface area contributed by atoms with Crippen molar-refractivity contribution in [3.63, 3.8) is 0 Å². The van der Waals surface area contributed by atoms with E-state index in [9.17, 15) is 0 Å². The fraction of sp³-hybridized carbons (Fsp3) is 0.667. The summed E-state index contributed by atoms with van der Waals surface area (Å²) >= 11 is 0. The van der Waals surface area contributed by atoms with Gasteiger partial charge in [-0.2, -0.15) is 0 Å². The van der Waals surface area contributed by atoms with Crippen LogP contribution < -0.4 is 5.32 Å². The molecule has 4 nitrogen and oxygen atoms in total. The summed E-state index contributed by atoms with van der Waals surface area (Å²) in [5.41, 5.74) is 2.27. The van der Waals surface area contributed by atoms with E-state index in [1.54, 1.807) is 6.33 Å². The average Bonchev–Trinajstić information content (AvgIpc) is 3.06. The van der Waals surface area contributed by atoms with E-state index in [1.165, 1.54) is 55.9 Å². The highest BCUT2D eigenvalue weighted by Crippen LogP contribution is 2.42. The molecule has 4 heteroatoms. The van der Waals surface area contributed by atoms with Crippen LogP contribution in [0.1, 0.15) is 57.4 Å². The van der Waals surface area contributed by atoms with Gasteiger partial charge in [0.25, 0.3) is 0 Å². The summed E-state index contributed by atoms with van der Waals surface area (Å²) in [6, 6.07) is 0.589. The van der Waals surface area contributed by atoms with E-state index >= 15 is 0 Å². The molecule has 2 N–H and O–H groups in total. The Morgan fingerprint density at radius 1 is 1.14 bits per heavy atom. The predicted molar refractivity (Wildman–Crippen MR) is 90.0 cm³/mol. The molecular formula is C18H26N4. The van der Waals surface area contributed by atoms with Crippen molar-refractivity contribution in [2.24, 2.45) is 11.8 Å². The van der Waals surface area contributed by atoms with Gasteiger partial charge in [-0.1, -0.05) is 39.0 Å². The van der Waals surface area contributed by atoms with Crippen molar-refractivity contribution in [1.29, 1.82) is 0 Å². The summed E-state index contributed by atoms with van der Waals surface area (Å²) in [6.45, 7) is 2.19. The van der Waals surface area contributed by atoms with Crippen LogP contribution in [0.2, 0.25) is 0 Å². The first-order valence-corrected chi connectivity index (χ1v) is 8.92. The number of fused-ring (bicyclic) bond motifs is 2. The number of hydrogen-bond donors (Lipinski definition) is 2. The molecular weight excluding hydrogens is 272 g/mol. The van der Waals surface area contributed by atoms with E-state index in [0.29, 0.717) is 6.04 Å². The number of anilines is 1. The highest BCUT2D eigenvalue weighted by atomic mass is 15.1. The van der Waals surface area contributed by atoms with E-state index < -0.39 is 0 Å². The molecule has 2 aromatic rings. The Kier molecular flexibility index (Phi) is 3.77. The molecule has 2 saturated carbocycles. The first-order chi connectivity index (χ1) is 10.8. The van der Waals surface area contributed by atoms with E-state index in [4.69, 9.17) is 0 Å². The average molecular weight is 298 g/mol. The highest BCUT2D eigenvalue weighted by Gasteiger charge is 2.34. The summed E-state index contributed by atoms with van der Waals surface area (Å²) in [7, 11) is 0. The Morgan fingerprint density at radius 3 is 2.64 bits per heavy atom. The molecule has 22 heavy (non-hydrogen) atoms. The van der Waals surface area contributed by atoms with Gasteiger partial charge in [0, 0.05) is 12.2 Å². The van der Waals surface area contributed by atoms with Gasteiger partial charge in [-0.25, -0.2) is 9.97 Å². The monoisotopic (exact) mass is 298 g/mol. The van der Waals surface area contributed by atoms with Crippen LogP contribution in [0.5, 0.6) is 0 Å². The van der Waals surface area contributed by atoms with Gasteiger partial charge in [0.1, 0.15) is 17.8 Å². The van der Waals surface area contributed by atoms with Gasteiger partial charge in [0.2, 0.25) is 0 Å². The number of aromatic nitrogens is 3. The summed E-state index contributed by atoms with van der Waals surface area (Å²) in [6.07, 6.45) is 14.6. The van der Waals surface area contributed by atoms with Crippen molar-refractivity contribution in [3.05, 3.63) is 18.1 Å². The summed E-state index contributed by atoms with van der Waals surface area (Å²) in [5, 5.41) is 4.94. The standard InChI is InChI=1S/C18H26N4/c1-2-12-10-19-17-16(12)18(21-11-20-17)22-15-8-13-6-4-3-5-7-14(13)9-15/h10-11,13-15H,2-9H2,1H3,(H2,19,20,21,22). The van der Waals surface area contributed by atoms with Crippen LogP contribution >= 0.6 is 0 Å². The third kappa shape index (κ3) is 2.49. The Balaban J connectivity index is 1.55. The van der Waals surface area contributed by atoms with Crippen LogP contribution in [0, 0.1) is 11.8 Å². The number of aryl methyl sites for hydroxylation is 1. The number of H-pyrrole nitrogens is 1. The lowest BCUT2D eigenvalue weighted by atomic mass is 9.92. The zero-order chi connectivity index (χ0) is 14.9. The fourth-order valence-corrected chi connectivity index (χ4v) is 4.64. The van der Waals surface area contributed by atoms with Gasteiger partial charge in [-0.05, 0) is 36.7 Å². The van der Waals surface area contributed by atoms with Crippen LogP contribution in [0.3, 0.4) is 0 Å². The molecule has 2 fully saturated rings. The molecule has 0 radical (unpaired) electrons. The van der Waals surface area contributed by atoms with Gasteiger partial charge in [-0.15, -0.1) is 0 Å². The van der Waals surface area contributed by atoms with Crippen molar-refractivity contribution in [1.82, 2.24) is 15.0 Å². The summed E-state index contributed by atoms with van der Waals surface area (Å²) in [4.78, 5) is 12.2. The summed E-state index contributed by atoms with van der Waals surface area (Å²) in [5.74, 6) is 2.91. The normalized spacial score (nSPS) is 28.5. The molecule has 0 amide bonds. The van der Waals surface area contributed by atoms with Gasteiger partial charge >= 0.3 is 0 Å². The Hall–Kier alpha value is -1.58. The van der Waals surface area contributed by atoms with Gasteiger partial charge in [0.15, 0.2) is 0 Å². The lowest BCUT2D eigenvalue weighted by Gasteiger charge is -2.15. The number of nitrogens with one attached hydrogen (secondary N) is 2. The second-order valence-corrected chi connectivity index (χ2v) is 7.08. The molecule has 0 saturated heterocycles. The quantitative estimate of drug-likeness (QED) is 0.888. The molecule has 2 aliphatic carbocycles. The Morgan fingerprint density at radius 2 is 1.91 bits per heavy atom. The zero-order valence-corrected chi connectivity index (χ0v) is 13.4. The minimum atomic E-state index is 0.589. The molecule has 0 bridgehead atoms. The first-order valence-electron chi connectivity index (χ1n) is 8.92. The molecule has 0 aliphatic heterocycles. The molecule has 2 atom stereocenters. The minimum absolute atomic E-state index is 0.589. The lowest BCUT2D eigenvalue weighted by Crippen LogP contribution is -2.17. The van der Waals surface area contributed by atoms with Gasteiger partial charge < -0.3 is 10.3 Å². The molecule has 0 aromatic carbocycles. The van der Waals surface area contributed by atoms with Gasteiger partial charge in [-0.3, -0.25) is 0 Å². The number of hydrogen-bond acceptors (Lipinski definition) is 3. The third-order valence-corrected chi connectivity index (χ3v) is 5.76. The van der Waals surface area contributed by atoms with Crippen LogP contribution in [-0.4, -0.2) is 21.0 Å². The molecule has 0 spiro atoms. The Bertz CT molecular complexity index is 634. The summed E-state index contributed by atoms with van der Waals surface area (Å²) < 4.78 is 0. The van der Waals surface area contributed by atoms with Crippen molar-refractivity contribution in [2.45, 2.75) is 64.3 Å². The molecule has 2 unspecified atom stereocenters. The van der Waals surface area contributed by atoms with Crippen molar-refractivity contribution < 1.29 is 0 Å². The number of nitrogens with zero attached hydrogens (tertiary/aromatic N) is 2. The Labute approximate surface area is 132 Å². The van der Waals surface area contributed by atoms with Crippen LogP contribution in [-0.2, 0) is 6.42 Å². The maximum atomic E-state index is 4.54. The van der Waals surface area contributed by atoms with E-state index in [1.807, 2.05) is 0 Å². The van der Waals surface area contributed by atoms with E-state index in [-0.39, 0.29) is 0 Å². The molecule has 2 aliphatic rings. The predicted octanol–water partition coefficient (Wildman–Crippen LogP) is 4.29. The SMILES string of the molecule is CCc1c[nH]c2ncnc(NC3CC4CCCCCC4C3)c12. The number of rotatable bonds is 3. The highest BCUT2D eigenvalue weighted by molar-refractivity contribution is 5.90. The second kappa shape index (κ2) is 5.90. The number of aromatic amines is 1. The molecule has 4 rings (SSSR count). The van der Waals surface area contributed by atoms with E-state index in [0.717, 1.165) is 29.7 Å². The second-order valence-electron chi connectivity index (χ2n) is 7.08. The molecule has 118 valence electrons. The van der Waals surface area contributed by atoms with Crippen molar-refractivity contribution >= 4 is 16.9 Å². The molecule has 2 heterocycles. The minimum Gasteiger partial charge on any atom is -0.367 e. The first kappa shape index (κ1) is 14.0. The van der Waals surface area contributed by atoms with Crippen LogP contribution in [0.25, 0.3) is 11.0 Å². The topological polar surface area (TPSA) is 53.6 Å². The van der Waals surface area contributed by atoms with Gasteiger partial charge in [0.05, 0.1) is 5.39 Å². The molecule has 2 aromatic heterocycles. The lowest BCUT2D eigenvalue weighted by molar-refractivity contribution is 0.367. The van der Waals surface area contributed by atoms with Crippen molar-refractivity contribution in [3.8, 4) is 0 Å². The van der Waals surface area contributed by atoms with E-state index in [2.05, 4.69) is 33.4 Å². The maximum absolute atomic E-state index is 4.54. The third-order valence-electron chi connectivity index (χ3n) is 5.76. The largest absolute Gasteiger partial charge is 0.367 e. The zero-order valence-electron chi connectivity index (χ0n) is 13.4. The van der Waals surface area contributed by atoms with Crippen molar-refractivity contribution in [2.75, 3.05) is 5.32 Å². The smallest absolute Gasteiger partial charge is 0.143 e. The van der Waals surface area contributed by atoms with Crippen LogP contribution in [0.15, 0.2) is 12.5 Å². The maximum Gasteiger partial charge on any atom is 0.143 e. The van der Waals surface area contributed by atoms with Crippen LogP contribution in [0.4, 0.5) is 5.82 Å².